The van der Waals surface area contributed by atoms with Crippen LogP contribution in [0.2, 0.25) is 0 Å². The molecule has 1 heterocycles. The third-order valence-electron chi connectivity index (χ3n) is 6.67. The number of aromatic nitrogens is 1. The molecule has 3 atom stereocenters. The number of aryl methyl sites for hydroxylation is 1. The number of benzene rings is 2. The number of rotatable bonds is 6. The highest BCUT2D eigenvalue weighted by Gasteiger charge is 2.32. The van der Waals surface area contributed by atoms with Gasteiger partial charge in [-0.3, -0.25) is 9.59 Å². The highest BCUT2D eigenvalue weighted by molar-refractivity contribution is 5.98. The van der Waals surface area contributed by atoms with Crippen LogP contribution in [0.15, 0.2) is 48.7 Å². The van der Waals surface area contributed by atoms with Gasteiger partial charge in [0, 0.05) is 41.0 Å². The van der Waals surface area contributed by atoms with Gasteiger partial charge in [-0.1, -0.05) is 44.2 Å². The van der Waals surface area contributed by atoms with Gasteiger partial charge in [0.2, 0.25) is 5.91 Å². The van der Waals surface area contributed by atoms with Gasteiger partial charge in [-0.2, -0.15) is 0 Å². The number of aromatic amines is 1. The normalized spacial score (nSPS) is 19.7. The third-order valence-corrected chi connectivity index (χ3v) is 6.67. The van der Waals surface area contributed by atoms with Crippen LogP contribution in [0.25, 0.3) is 22.0 Å². The van der Waals surface area contributed by atoms with Gasteiger partial charge in [0.05, 0.1) is 0 Å². The van der Waals surface area contributed by atoms with Gasteiger partial charge in [-0.15, -0.1) is 0 Å². The van der Waals surface area contributed by atoms with Crippen molar-refractivity contribution in [2.45, 2.75) is 52.5 Å². The molecule has 156 valence electrons. The number of fused-ring (bicyclic) bond motifs is 1. The summed E-state index contributed by atoms with van der Waals surface area (Å²) in [4.78, 5) is 28.0. The van der Waals surface area contributed by atoms with Crippen LogP contribution < -0.4 is 5.32 Å². The lowest BCUT2D eigenvalue weighted by molar-refractivity contribution is -0.121. The van der Waals surface area contributed by atoms with Crippen molar-refractivity contribution in [1.29, 1.82) is 0 Å². The zero-order chi connectivity index (χ0) is 21.3. The van der Waals surface area contributed by atoms with E-state index in [4.69, 9.17) is 0 Å². The molecule has 4 heteroatoms. The van der Waals surface area contributed by atoms with E-state index in [2.05, 4.69) is 35.4 Å². The summed E-state index contributed by atoms with van der Waals surface area (Å²) in [5.74, 6) is 0.603. The molecular formula is C26H30N2O2. The fraction of sp³-hybridized carbons (Fsp3) is 0.385. The molecule has 2 aromatic carbocycles. The predicted octanol–water partition coefficient (Wildman–Crippen LogP) is 5.66. The van der Waals surface area contributed by atoms with Crippen molar-refractivity contribution in [2.75, 3.05) is 0 Å². The van der Waals surface area contributed by atoms with E-state index in [1.807, 2.05) is 44.3 Å². The average molecular weight is 403 g/mol. The molecule has 1 saturated carbocycles. The second-order valence-electron chi connectivity index (χ2n) is 8.65. The monoisotopic (exact) mass is 402 g/mol. The van der Waals surface area contributed by atoms with E-state index in [9.17, 15) is 9.59 Å². The first-order valence-corrected chi connectivity index (χ1v) is 11.0. The zero-order valence-electron chi connectivity index (χ0n) is 18.0. The van der Waals surface area contributed by atoms with Crippen LogP contribution >= 0.6 is 0 Å². The van der Waals surface area contributed by atoms with E-state index < -0.39 is 0 Å². The summed E-state index contributed by atoms with van der Waals surface area (Å²) in [6.45, 7) is 6.01. The molecular weight excluding hydrogens is 372 g/mol. The molecule has 0 aliphatic heterocycles. The molecule has 1 fully saturated rings. The number of hydrogen-bond acceptors (Lipinski definition) is 2. The Balaban J connectivity index is 1.44. The molecule has 2 N–H and O–H groups in total. The number of amides is 1. The molecule has 1 aromatic heterocycles. The molecule has 0 saturated heterocycles. The smallest absolute Gasteiger partial charge is 0.219 e. The Morgan fingerprint density at radius 3 is 2.57 bits per heavy atom. The van der Waals surface area contributed by atoms with E-state index in [-0.39, 0.29) is 23.7 Å². The maximum absolute atomic E-state index is 13.1. The molecule has 4 rings (SSSR count). The second kappa shape index (κ2) is 8.47. The number of ketones is 1. The summed E-state index contributed by atoms with van der Waals surface area (Å²) in [7, 11) is 0. The van der Waals surface area contributed by atoms with Crippen LogP contribution in [0.5, 0.6) is 0 Å². The lowest BCUT2D eigenvalue weighted by Crippen LogP contribution is -2.32. The summed E-state index contributed by atoms with van der Waals surface area (Å²) in [6, 6.07) is 14.6. The molecule has 1 aliphatic rings. The minimum atomic E-state index is -0.0294. The number of carbonyl (C=O) groups is 2. The van der Waals surface area contributed by atoms with Crippen LogP contribution in [-0.2, 0) is 4.79 Å². The zero-order valence-corrected chi connectivity index (χ0v) is 18.0. The number of hydrogen-bond donors (Lipinski definition) is 2. The number of nitrogens with one attached hydrogen (secondary N) is 2. The van der Waals surface area contributed by atoms with Crippen LogP contribution in [0.3, 0.4) is 0 Å². The molecule has 4 nitrogen and oxygen atoms in total. The predicted molar refractivity (Wildman–Crippen MR) is 122 cm³/mol. The maximum atomic E-state index is 13.1. The average Bonchev–Trinajstić information content (AvgIpc) is 3.39. The first kappa shape index (κ1) is 20.4. The van der Waals surface area contributed by atoms with Gasteiger partial charge >= 0.3 is 0 Å². The quantitative estimate of drug-likeness (QED) is 0.523. The standard InChI is InChI=1S/C26H30N2O2/c1-4-25(29)28-22-11-9-20(13-22)17(3)26(30)19-7-5-18(6-8-19)21-10-12-24-23(14-21)16(2)15-27-24/h5-8,10,12,14-15,17,20,22,27H,4,9,11,13H2,1-3H3,(H,28,29)/t17?,20-,22+/m1/s1. The molecule has 0 radical (unpaired) electrons. The Bertz CT molecular complexity index is 1060. The fourth-order valence-corrected chi connectivity index (χ4v) is 4.67. The van der Waals surface area contributed by atoms with E-state index in [1.165, 1.54) is 10.9 Å². The SMILES string of the molecule is CCC(=O)N[C@H]1CC[C@@H](C(C)C(=O)c2ccc(-c3ccc4[nH]cc(C)c4c3)cc2)C1. The Morgan fingerprint density at radius 1 is 1.10 bits per heavy atom. The highest BCUT2D eigenvalue weighted by Crippen LogP contribution is 2.34. The van der Waals surface area contributed by atoms with Crippen molar-refractivity contribution in [3.05, 3.63) is 59.8 Å². The van der Waals surface area contributed by atoms with Crippen molar-refractivity contribution in [1.82, 2.24) is 10.3 Å². The molecule has 0 bridgehead atoms. The molecule has 30 heavy (non-hydrogen) atoms. The van der Waals surface area contributed by atoms with Gasteiger partial charge in [-0.25, -0.2) is 0 Å². The summed E-state index contributed by atoms with van der Waals surface area (Å²) in [5.41, 5.74) is 5.41. The molecule has 3 aromatic rings. The van der Waals surface area contributed by atoms with Crippen molar-refractivity contribution in [3.63, 3.8) is 0 Å². The highest BCUT2D eigenvalue weighted by atomic mass is 16.1. The van der Waals surface area contributed by atoms with Crippen LogP contribution in [0.4, 0.5) is 0 Å². The molecule has 1 aliphatic carbocycles. The lowest BCUT2D eigenvalue weighted by atomic mass is 9.85. The summed E-state index contributed by atoms with van der Waals surface area (Å²) in [6.07, 6.45) is 5.40. The Kier molecular flexibility index (Phi) is 5.76. The summed E-state index contributed by atoms with van der Waals surface area (Å²) < 4.78 is 0. The molecule has 1 unspecified atom stereocenters. The fourth-order valence-electron chi connectivity index (χ4n) is 4.67. The third kappa shape index (κ3) is 4.04. The lowest BCUT2D eigenvalue weighted by Gasteiger charge is -2.19. The Hall–Kier alpha value is -2.88. The van der Waals surface area contributed by atoms with Gasteiger partial charge in [-0.05, 0) is 60.9 Å². The summed E-state index contributed by atoms with van der Waals surface area (Å²) in [5, 5.41) is 4.31. The van der Waals surface area contributed by atoms with Crippen molar-refractivity contribution >= 4 is 22.6 Å². The van der Waals surface area contributed by atoms with Gasteiger partial charge in [0.15, 0.2) is 5.78 Å². The van der Waals surface area contributed by atoms with E-state index in [0.717, 1.165) is 41.5 Å². The van der Waals surface area contributed by atoms with E-state index >= 15 is 0 Å². The van der Waals surface area contributed by atoms with E-state index in [1.54, 1.807) is 0 Å². The van der Waals surface area contributed by atoms with Gasteiger partial charge in [0.25, 0.3) is 0 Å². The van der Waals surface area contributed by atoms with Crippen molar-refractivity contribution in [2.24, 2.45) is 11.8 Å². The number of Topliss-reactive ketones (excluding diaryl/α,β-unsaturated/α-hetero) is 1. The Morgan fingerprint density at radius 2 is 1.83 bits per heavy atom. The second-order valence-corrected chi connectivity index (χ2v) is 8.65. The van der Waals surface area contributed by atoms with Crippen LogP contribution in [0, 0.1) is 18.8 Å². The van der Waals surface area contributed by atoms with Crippen LogP contribution in [-0.4, -0.2) is 22.7 Å². The van der Waals surface area contributed by atoms with Crippen LogP contribution in [0.1, 0.15) is 55.5 Å². The minimum Gasteiger partial charge on any atom is -0.361 e. The number of carbonyl (C=O) groups excluding carboxylic acids is 2. The Labute approximate surface area is 178 Å². The summed E-state index contributed by atoms with van der Waals surface area (Å²) >= 11 is 0. The number of H-pyrrole nitrogens is 1. The first-order chi connectivity index (χ1) is 14.5. The topological polar surface area (TPSA) is 62.0 Å². The molecule has 0 spiro atoms. The van der Waals surface area contributed by atoms with Gasteiger partial charge < -0.3 is 10.3 Å². The van der Waals surface area contributed by atoms with Gasteiger partial charge in [0.1, 0.15) is 0 Å². The first-order valence-electron chi connectivity index (χ1n) is 11.0. The maximum Gasteiger partial charge on any atom is 0.219 e. The minimum absolute atomic E-state index is 0.0294. The van der Waals surface area contributed by atoms with E-state index in [0.29, 0.717) is 12.3 Å². The van der Waals surface area contributed by atoms with Crippen molar-refractivity contribution in [3.8, 4) is 11.1 Å². The van der Waals surface area contributed by atoms with Crippen molar-refractivity contribution < 1.29 is 9.59 Å². The molecule has 1 amide bonds. The largest absolute Gasteiger partial charge is 0.361 e.